The Labute approximate surface area is 199 Å². The van der Waals surface area contributed by atoms with Gasteiger partial charge in [-0.05, 0) is 54.6 Å². The minimum absolute atomic E-state index is 0.0193. The number of carbonyl (C=O) groups is 1. The Balaban J connectivity index is 1.73. The number of carbonyl (C=O) groups excluding carboxylic acids is 1. The molecule has 2 unspecified atom stereocenters. The van der Waals surface area contributed by atoms with E-state index in [1.54, 1.807) is 0 Å². The molecule has 2 amide bonds. The lowest BCUT2D eigenvalue weighted by Gasteiger charge is -2.47. The number of nitrogens with one attached hydrogen (secondary N) is 1. The predicted molar refractivity (Wildman–Crippen MR) is 136 cm³/mol. The molecule has 2 aromatic carbocycles. The highest BCUT2D eigenvalue weighted by Gasteiger charge is 2.39. The second-order valence-electron chi connectivity index (χ2n) is 9.98. The van der Waals surface area contributed by atoms with Gasteiger partial charge in [0.15, 0.2) is 0 Å². The van der Waals surface area contributed by atoms with Gasteiger partial charge in [-0.25, -0.2) is 4.79 Å². The van der Waals surface area contributed by atoms with Crippen molar-refractivity contribution in [3.63, 3.8) is 0 Å². The summed E-state index contributed by atoms with van der Waals surface area (Å²) in [6.45, 7) is 13.7. The first kappa shape index (κ1) is 25.0. The third kappa shape index (κ3) is 6.46. The molecule has 1 aliphatic heterocycles. The largest absolute Gasteiger partial charge is 0.374 e. The second kappa shape index (κ2) is 11.0. The van der Waals surface area contributed by atoms with Crippen molar-refractivity contribution in [2.24, 2.45) is 5.41 Å². The first-order valence-corrected chi connectivity index (χ1v) is 11.8. The van der Waals surface area contributed by atoms with E-state index in [9.17, 15) is 4.79 Å². The fourth-order valence-corrected chi connectivity index (χ4v) is 4.94. The lowest BCUT2D eigenvalue weighted by molar-refractivity contribution is 0.0433. The molecule has 0 aliphatic carbocycles. The molecule has 1 aliphatic rings. The van der Waals surface area contributed by atoms with Crippen molar-refractivity contribution < 1.29 is 9.53 Å². The molecule has 0 saturated carbocycles. The Morgan fingerprint density at radius 3 is 2.55 bits per heavy atom. The molecule has 1 heterocycles. The molecule has 0 aromatic heterocycles. The fourth-order valence-electron chi connectivity index (χ4n) is 4.94. The highest BCUT2D eigenvalue weighted by atomic mass is 16.5. The molecule has 178 valence electrons. The lowest BCUT2D eigenvalue weighted by atomic mass is 9.78. The molecule has 33 heavy (non-hydrogen) atoms. The van der Waals surface area contributed by atoms with Crippen molar-refractivity contribution in [2.75, 3.05) is 33.8 Å². The van der Waals surface area contributed by atoms with Crippen molar-refractivity contribution in [1.29, 1.82) is 0 Å². The number of aryl methyl sites for hydroxylation is 1. The first-order valence-electron chi connectivity index (χ1n) is 11.8. The first-order chi connectivity index (χ1) is 15.7. The monoisotopic (exact) mass is 449 g/mol. The van der Waals surface area contributed by atoms with E-state index < -0.39 is 0 Å². The second-order valence-corrected chi connectivity index (χ2v) is 9.98. The van der Waals surface area contributed by atoms with E-state index >= 15 is 0 Å². The standard InChI is InChI=1S/C28H39N3O2/c1-21-12-10-11-15-24(21)22(2)25(19-33-18-23-13-8-7-9-14-23)29-27(32)31(6)26-16-17-30(5)20-28(26,3)4/h7-15,25-26H,2,16-20H2,1,3-6H3,(H,29,32). The number of likely N-dealkylation sites (tertiary alicyclic amines) is 1. The summed E-state index contributed by atoms with van der Waals surface area (Å²) in [6.07, 6.45) is 0.960. The molecule has 2 atom stereocenters. The maximum absolute atomic E-state index is 13.4. The van der Waals surface area contributed by atoms with Crippen molar-refractivity contribution >= 4 is 11.6 Å². The summed E-state index contributed by atoms with van der Waals surface area (Å²) < 4.78 is 6.04. The van der Waals surface area contributed by atoms with Crippen molar-refractivity contribution in [2.45, 2.75) is 45.9 Å². The molecule has 1 fully saturated rings. The van der Waals surface area contributed by atoms with Gasteiger partial charge in [0.25, 0.3) is 0 Å². The number of amides is 2. The topological polar surface area (TPSA) is 44.8 Å². The van der Waals surface area contributed by atoms with Crippen molar-refractivity contribution in [1.82, 2.24) is 15.1 Å². The molecular formula is C28H39N3O2. The van der Waals surface area contributed by atoms with Crippen molar-refractivity contribution in [3.8, 4) is 0 Å². The molecule has 2 aromatic rings. The third-order valence-electron chi connectivity index (χ3n) is 6.76. The molecule has 1 N–H and O–H groups in total. The number of hydrogen-bond acceptors (Lipinski definition) is 3. The zero-order valence-corrected chi connectivity index (χ0v) is 20.8. The summed E-state index contributed by atoms with van der Waals surface area (Å²) >= 11 is 0. The minimum atomic E-state index is -0.320. The molecule has 1 saturated heterocycles. The minimum Gasteiger partial charge on any atom is -0.374 e. The smallest absolute Gasteiger partial charge is 0.317 e. The fraction of sp³-hybridized carbons (Fsp3) is 0.464. The van der Waals surface area contributed by atoms with E-state index in [0.29, 0.717) is 13.2 Å². The Hall–Kier alpha value is -2.63. The summed E-state index contributed by atoms with van der Waals surface area (Å²) in [5, 5.41) is 3.22. The van der Waals surface area contributed by atoms with Crippen LogP contribution in [0.3, 0.4) is 0 Å². The van der Waals surface area contributed by atoms with Crippen LogP contribution < -0.4 is 5.32 Å². The molecule has 0 spiro atoms. The number of urea groups is 1. The molecule has 5 nitrogen and oxygen atoms in total. The number of benzene rings is 2. The highest BCUT2D eigenvalue weighted by Crippen LogP contribution is 2.32. The SMILES string of the molecule is C=C(c1ccccc1C)C(COCc1ccccc1)NC(=O)N(C)C1CCN(C)CC1(C)C. The summed E-state index contributed by atoms with van der Waals surface area (Å²) in [4.78, 5) is 17.6. The van der Waals surface area contributed by atoms with Crippen LogP contribution in [0, 0.1) is 12.3 Å². The lowest BCUT2D eigenvalue weighted by Crippen LogP contribution is -2.58. The van der Waals surface area contributed by atoms with E-state index in [4.69, 9.17) is 4.74 Å². The van der Waals surface area contributed by atoms with Crippen LogP contribution in [0.25, 0.3) is 5.57 Å². The van der Waals surface area contributed by atoms with Gasteiger partial charge in [-0.15, -0.1) is 0 Å². The zero-order valence-electron chi connectivity index (χ0n) is 20.8. The molecular weight excluding hydrogens is 410 g/mol. The summed E-state index contributed by atoms with van der Waals surface area (Å²) in [7, 11) is 4.05. The van der Waals surface area contributed by atoms with Crippen LogP contribution in [-0.2, 0) is 11.3 Å². The van der Waals surface area contributed by atoms with E-state index in [1.165, 1.54) is 0 Å². The van der Waals surface area contributed by atoms with E-state index in [0.717, 1.165) is 41.8 Å². The van der Waals surface area contributed by atoms with Crippen molar-refractivity contribution in [3.05, 3.63) is 77.9 Å². The summed E-state index contributed by atoms with van der Waals surface area (Å²) in [5.74, 6) is 0. The van der Waals surface area contributed by atoms with Crippen LogP contribution in [0.4, 0.5) is 4.79 Å². The quantitative estimate of drug-likeness (QED) is 0.619. The maximum Gasteiger partial charge on any atom is 0.317 e. The Kier molecular flexibility index (Phi) is 8.33. The number of piperidine rings is 1. The normalized spacial score (nSPS) is 19.0. The Bertz CT molecular complexity index is 941. The van der Waals surface area contributed by atoms with Gasteiger partial charge in [-0.1, -0.05) is 75.0 Å². The van der Waals surface area contributed by atoms with E-state index in [2.05, 4.69) is 56.7 Å². The number of ether oxygens (including phenoxy) is 1. The summed E-state index contributed by atoms with van der Waals surface area (Å²) in [6, 6.07) is 18.0. The summed E-state index contributed by atoms with van der Waals surface area (Å²) in [5.41, 5.74) is 4.17. The van der Waals surface area contributed by atoms with Crippen LogP contribution in [0.1, 0.15) is 37.0 Å². The zero-order chi connectivity index (χ0) is 24.0. The number of rotatable bonds is 8. The van der Waals surface area contributed by atoms with Crippen LogP contribution in [-0.4, -0.2) is 61.7 Å². The van der Waals surface area contributed by atoms with Crippen LogP contribution in [0.2, 0.25) is 0 Å². The van der Waals surface area contributed by atoms with Gasteiger partial charge < -0.3 is 19.9 Å². The Morgan fingerprint density at radius 2 is 1.88 bits per heavy atom. The van der Waals surface area contributed by atoms with Crippen LogP contribution in [0.5, 0.6) is 0 Å². The number of nitrogens with zero attached hydrogens (tertiary/aromatic N) is 2. The van der Waals surface area contributed by atoms with Gasteiger partial charge in [0.05, 0.1) is 19.3 Å². The van der Waals surface area contributed by atoms with Crippen LogP contribution in [0.15, 0.2) is 61.2 Å². The average molecular weight is 450 g/mol. The maximum atomic E-state index is 13.4. The highest BCUT2D eigenvalue weighted by molar-refractivity contribution is 5.79. The predicted octanol–water partition coefficient (Wildman–Crippen LogP) is 4.97. The van der Waals surface area contributed by atoms with E-state index in [1.807, 2.05) is 54.4 Å². The average Bonchev–Trinajstić information content (AvgIpc) is 2.78. The third-order valence-corrected chi connectivity index (χ3v) is 6.76. The number of hydrogen-bond donors (Lipinski definition) is 1. The molecule has 3 rings (SSSR count). The Morgan fingerprint density at radius 1 is 1.21 bits per heavy atom. The molecule has 0 bridgehead atoms. The van der Waals surface area contributed by atoms with Gasteiger partial charge >= 0.3 is 6.03 Å². The molecule has 0 radical (unpaired) electrons. The van der Waals surface area contributed by atoms with Gasteiger partial charge in [0.2, 0.25) is 0 Å². The van der Waals surface area contributed by atoms with Gasteiger partial charge in [0, 0.05) is 19.6 Å². The van der Waals surface area contributed by atoms with Gasteiger partial charge in [0.1, 0.15) is 0 Å². The van der Waals surface area contributed by atoms with E-state index in [-0.39, 0.29) is 23.5 Å². The van der Waals surface area contributed by atoms with Crippen LogP contribution >= 0.6 is 0 Å². The van der Waals surface area contributed by atoms with Gasteiger partial charge in [-0.2, -0.15) is 0 Å². The van der Waals surface area contributed by atoms with Gasteiger partial charge in [-0.3, -0.25) is 0 Å². The molecule has 5 heteroatoms.